The third-order valence-electron chi connectivity index (χ3n) is 3.22. The first-order valence-electron chi connectivity index (χ1n) is 7.00. The van der Waals surface area contributed by atoms with Crippen molar-refractivity contribution in [2.24, 2.45) is 5.73 Å². The molecule has 1 aromatic carbocycles. The summed E-state index contributed by atoms with van der Waals surface area (Å²) in [5, 5.41) is 20.8. The van der Waals surface area contributed by atoms with Crippen LogP contribution in [0.1, 0.15) is 12.0 Å². The van der Waals surface area contributed by atoms with Gasteiger partial charge in [-0.05, 0) is 17.7 Å². The average molecular weight is 340 g/mol. The Kier molecular flexibility index (Phi) is 6.99. The number of carboxylic acids is 1. The molecule has 0 aromatic heterocycles. The minimum atomic E-state index is -1.29. The van der Waals surface area contributed by atoms with Crippen molar-refractivity contribution < 1.29 is 34.1 Å². The van der Waals surface area contributed by atoms with Gasteiger partial charge in [0.25, 0.3) is 0 Å². The van der Waals surface area contributed by atoms with Crippen LogP contribution in [0.4, 0.5) is 0 Å². The fourth-order valence-corrected chi connectivity index (χ4v) is 1.99. The van der Waals surface area contributed by atoms with Crippen molar-refractivity contribution in [3.05, 3.63) is 23.8 Å². The standard InChI is InChI=1S/C15H20N2O7/c1-23-12-4-3-8(6-11(12)18)5-10(15(22)24-2)17-14(21)9(16)7-13(19)20/h3-4,6,9-10,18H,5,7,16H2,1-2H3,(H,17,21)(H,19,20)/t9?,10-/m0/s1. The molecule has 0 spiro atoms. The Morgan fingerprint density at radius 2 is 1.96 bits per heavy atom. The number of amides is 1. The molecule has 5 N–H and O–H groups in total. The quantitative estimate of drug-likeness (QED) is 0.459. The van der Waals surface area contributed by atoms with Crippen LogP contribution in [0, 0.1) is 0 Å². The third-order valence-corrected chi connectivity index (χ3v) is 3.22. The van der Waals surface area contributed by atoms with Gasteiger partial charge in [-0.15, -0.1) is 0 Å². The number of hydrogen-bond acceptors (Lipinski definition) is 7. The van der Waals surface area contributed by atoms with Gasteiger partial charge < -0.3 is 30.7 Å². The molecule has 0 aliphatic rings. The van der Waals surface area contributed by atoms with E-state index in [4.69, 9.17) is 15.6 Å². The van der Waals surface area contributed by atoms with Gasteiger partial charge in [-0.1, -0.05) is 6.07 Å². The van der Waals surface area contributed by atoms with Gasteiger partial charge in [0, 0.05) is 6.42 Å². The summed E-state index contributed by atoms with van der Waals surface area (Å²) in [5.74, 6) is -2.59. The molecular weight excluding hydrogens is 320 g/mol. The first kappa shape index (κ1) is 19.2. The van der Waals surface area contributed by atoms with E-state index in [2.05, 4.69) is 10.1 Å². The zero-order valence-electron chi connectivity index (χ0n) is 13.3. The number of aliphatic carboxylic acids is 1. The number of methoxy groups -OCH3 is 2. The van der Waals surface area contributed by atoms with Crippen molar-refractivity contribution in [1.29, 1.82) is 0 Å². The maximum Gasteiger partial charge on any atom is 0.328 e. The van der Waals surface area contributed by atoms with Gasteiger partial charge in [-0.25, -0.2) is 4.79 Å². The number of carbonyl (C=O) groups is 3. The Hall–Kier alpha value is -2.81. The molecule has 0 aliphatic carbocycles. The molecule has 1 amide bonds. The number of rotatable bonds is 8. The lowest BCUT2D eigenvalue weighted by Crippen LogP contribution is -2.50. The molecule has 0 radical (unpaired) electrons. The summed E-state index contributed by atoms with van der Waals surface area (Å²) in [4.78, 5) is 34.3. The summed E-state index contributed by atoms with van der Waals surface area (Å²) in [6.07, 6.45) is -0.543. The Morgan fingerprint density at radius 1 is 1.29 bits per heavy atom. The molecule has 9 nitrogen and oxygen atoms in total. The van der Waals surface area contributed by atoms with Gasteiger partial charge in [0.2, 0.25) is 5.91 Å². The summed E-state index contributed by atoms with van der Waals surface area (Å²) in [7, 11) is 2.56. The van der Waals surface area contributed by atoms with Crippen molar-refractivity contribution in [3.8, 4) is 11.5 Å². The minimum Gasteiger partial charge on any atom is -0.504 e. The van der Waals surface area contributed by atoms with Crippen molar-refractivity contribution in [2.75, 3.05) is 14.2 Å². The number of nitrogens with two attached hydrogens (primary N) is 1. The summed E-state index contributed by atoms with van der Waals surface area (Å²) in [5.41, 5.74) is 6.00. The van der Waals surface area contributed by atoms with Gasteiger partial charge in [0.05, 0.1) is 26.7 Å². The van der Waals surface area contributed by atoms with E-state index in [-0.39, 0.29) is 17.9 Å². The smallest absolute Gasteiger partial charge is 0.328 e. The second kappa shape index (κ2) is 8.73. The van der Waals surface area contributed by atoms with E-state index in [9.17, 15) is 19.5 Å². The van der Waals surface area contributed by atoms with Crippen LogP contribution in [0.5, 0.6) is 11.5 Å². The van der Waals surface area contributed by atoms with Crippen LogP contribution in [0.2, 0.25) is 0 Å². The van der Waals surface area contributed by atoms with Crippen LogP contribution >= 0.6 is 0 Å². The Labute approximate surface area is 138 Å². The lowest BCUT2D eigenvalue weighted by Gasteiger charge is -2.19. The zero-order chi connectivity index (χ0) is 18.3. The Balaban J connectivity index is 2.86. The lowest BCUT2D eigenvalue weighted by atomic mass is 10.0. The third kappa shape index (κ3) is 5.43. The lowest BCUT2D eigenvalue weighted by molar-refractivity contribution is -0.145. The molecule has 0 fully saturated rings. The van der Waals surface area contributed by atoms with E-state index in [1.807, 2.05) is 0 Å². The first-order valence-corrected chi connectivity index (χ1v) is 7.00. The van der Waals surface area contributed by atoms with E-state index in [1.165, 1.54) is 19.2 Å². The molecule has 9 heteroatoms. The van der Waals surface area contributed by atoms with Crippen molar-refractivity contribution in [3.63, 3.8) is 0 Å². The largest absolute Gasteiger partial charge is 0.504 e. The molecule has 0 saturated carbocycles. The molecule has 1 rings (SSSR count). The molecule has 0 bridgehead atoms. The molecule has 1 aromatic rings. The van der Waals surface area contributed by atoms with Gasteiger partial charge >= 0.3 is 11.9 Å². The number of esters is 1. The van der Waals surface area contributed by atoms with Gasteiger partial charge in [0.1, 0.15) is 6.04 Å². The number of ether oxygens (including phenoxy) is 2. The van der Waals surface area contributed by atoms with Crippen LogP contribution in [-0.2, 0) is 25.5 Å². The number of nitrogens with one attached hydrogen (secondary N) is 1. The maximum atomic E-state index is 11.9. The average Bonchev–Trinajstić information content (AvgIpc) is 2.52. The van der Waals surface area contributed by atoms with Crippen LogP contribution in [0.25, 0.3) is 0 Å². The van der Waals surface area contributed by atoms with Crippen molar-refractivity contribution in [2.45, 2.75) is 24.9 Å². The molecule has 132 valence electrons. The van der Waals surface area contributed by atoms with Gasteiger partial charge in [-0.2, -0.15) is 0 Å². The second-order valence-corrected chi connectivity index (χ2v) is 5.00. The number of carboxylic acid groups (broad SMARTS) is 1. The van der Waals surface area contributed by atoms with Crippen molar-refractivity contribution >= 4 is 17.8 Å². The van der Waals surface area contributed by atoms with Crippen molar-refractivity contribution in [1.82, 2.24) is 5.32 Å². The topological polar surface area (TPSA) is 148 Å². The number of aromatic hydroxyl groups is 1. The number of phenols is 1. The fourth-order valence-electron chi connectivity index (χ4n) is 1.99. The molecule has 1 unspecified atom stereocenters. The highest BCUT2D eigenvalue weighted by molar-refractivity contribution is 5.89. The Bertz CT molecular complexity index is 618. The van der Waals surface area contributed by atoms with Crippen LogP contribution in [0.15, 0.2) is 18.2 Å². The second-order valence-electron chi connectivity index (χ2n) is 5.00. The predicted octanol–water partition coefficient (Wildman–Crippen LogP) is -0.597. The zero-order valence-corrected chi connectivity index (χ0v) is 13.3. The molecule has 0 heterocycles. The molecular formula is C15H20N2O7. The van der Waals surface area contributed by atoms with E-state index in [1.54, 1.807) is 6.07 Å². The van der Waals surface area contributed by atoms with E-state index in [0.29, 0.717) is 5.56 Å². The van der Waals surface area contributed by atoms with Crippen LogP contribution in [0.3, 0.4) is 0 Å². The minimum absolute atomic E-state index is 0.0236. The van der Waals surface area contributed by atoms with E-state index < -0.39 is 36.4 Å². The molecule has 2 atom stereocenters. The van der Waals surface area contributed by atoms with E-state index >= 15 is 0 Å². The highest BCUT2D eigenvalue weighted by Crippen LogP contribution is 2.26. The monoisotopic (exact) mass is 340 g/mol. The highest BCUT2D eigenvalue weighted by Gasteiger charge is 2.26. The van der Waals surface area contributed by atoms with E-state index in [0.717, 1.165) is 7.11 Å². The van der Waals surface area contributed by atoms with Gasteiger partial charge in [0.15, 0.2) is 11.5 Å². The SMILES string of the molecule is COC(=O)[C@H](Cc1ccc(OC)c(O)c1)NC(=O)C(N)CC(=O)O. The summed E-state index contributed by atoms with van der Waals surface area (Å²) >= 11 is 0. The fraction of sp³-hybridized carbons (Fsp3) is 0.400. The van der Waals surface area contributed by atoms with Gasteiger partial charge in [-0.3, -0.25) is 9.59 Å². The Morgan fingerprint density at radius 3 is 2.46 bits per heavy atom. The summed E-state index contributed by atoms with van der Waals surface area (Å²) < 4.78 is 9.55. The molecule has 0 saturated heterocycles. The molecule has 0 aliphatic heterocycles. The number of benzene rings is 1. The number of carbonyl (C=O) groups excluding carboxylic acids is 2. The maximum absolute atomic E-state index is 11.9. The van der Waals surface area contributed by atoms with Crippen LogP contribution in [-0.4, -0.2) is 54.4 Å². The number of phenolic OH excluding ortho intramolecular Hbond substituents is 1. The normalized spacial score (nSPS) is 12.8. The predicted molar refractivity (Wildman–Crippen MR) is 82.5 cm³/mol. The first-order chi connectivity index (χ1) is 11.3. The highest BCUT2D eigenvalue weighted by atomic mass is 16.5. The summed E-state index contributed by atoms with van der Waals surface area (Å²) in [6, 6.07) is 2.14. The number of hydrogen-bond donors (Lipinski definition) is 4. The molecule has 24 heavy (non-hydrogen) atoms. The summed E-state index contributed by atoms with van der Waals surface area (Å²) in [6.45, 7) is 0. The van der Waals surface area contributed by atoms with Crippen LogP contribution < -0.4 is 15.8 Å².